The molecule has 2 amide bonds. The Morgan fingerprint density at radius 1 is 1.22 bits per heavy atom. The molecule has 1 saturated heterocycles. The van der Waals surface area contributed by atoms with Gasteiger partial charge in [0, 0.05) is 30.5 Å². The van der Waals surface area contributed by atoms with Crippen molar-refractivity contribution in [3.8, 4) is 5.75 Å². The van der Waals surface area contributed by atoms with E-state index in [1.807, 2.05) is 29.2 Å². The van der Waals surface area contributed by atoms with Crippen LogP contribution in [-0.2, 0) is 9.59 Å². The van der Waals surface area contributed by atoms with Crippen LogP contribution in [0.25, 0.3) is 0 Å². The predicted octanol–water partition coefficient (Wildman–Crippen LogP) is 2.74. The SMILES string of the molecule is O=C(COc1ccc(Br)cc1)NCCCN1CCCCCC1=O. The van der Waals surface area contributed by atoms with Crippen LogP contribution in [0, 0.1) is 0 Å². The average molecular weight is 383 g/mol. The van der Waals surface area contributed by atoms with E-state index in [1.165, 1.54) is 0 Å². The van der Waals surface area contributed by atoms with E-state index in [-0.39, 0.29) is 18.4 Å². The lowest BCUT2D eigenvalue weighted by Crippen LogP contribution is -2.35. The van der Waals surface area contributed by atoms with Gasteiger partial charge >= 0.3 is 0 Å². The van der Waals surface area contributed by atoms with Gasteiger partial charge in [-0.1, -0.05) is 22.4 Å². The van der Waals surface area contributed by atoms with Gasteiger partial charge in [-0.15, -0.1) is 0 Å². The van der Waals surface area contributed by atoms with Crippen LogP contribution in [0.3, 0.4) is 0 Å². The van der Waals surface area contributed by atoms with Crippen molar-refractivity contribution in [3.63, 3.8) is 0 Å². The Kier molecular flexibility index (Phi) is 7.39. The van der Waals surface area contributed by atoms with Gasteiger partial charge in [0.05, 0.1) is 0 Å². The molecule has 1 aromatic carbocycles. The average Bonchev–Trinajstić information content (AvgIpc) is 2.75. The van der Waals surface area contributed by atoms with Crippen LogP contribution >= 0.6 is 15.9 Å². The highest BCUT2D eigenvalue weighted by Crippen LogP contribution is 2.15. The van der Waals surface area contributed by atoms with E-state index in [9.17, 15) is 9.59 Å². The molecule has 0 aromatic heterocycles. The van der Waals surface area contributed by atoms with Gasteiger partial charge in [0.25, 0.3) is 5.91 Å². The summed E-state index contributed by atoms with van der Waals surface area (Å²) in [5.41, 5.74) is 0. The molecule has 0 unspecified atom stereocenters. The van der Waals surface area contributed by atoms with Crippen molar-refractivity contribution in [1.29, 1.82) is 0 Å². The van der Waals surface area contributed by atoms with Gasteiger partial charge in [-0.3, -0.25) is 9.59 Å². The number of ether oxygens (including phenoxy) is 1. The molecule has 0 bridgehead atoms. The summed E-state index contributed by atoms with van der Waals surface area (Å²) < 4.78 is 6.38. The highest BCUT2D eigenvalue weighted by atomic mass is 79.9. The van der Waals surface area contributed by atoms with Crippen molar-refractivity contribution in [3.05, 3.63) is 28.7 Å². The summed E-state index contributed by atoms with van der Waals surface area (Å²) in [7, 11) is 0. The number of nitrogens with one attached hydrogen (secondary N) is 1. The summed E-state index contributed by atoms with van der Waals surface area (Å²) in [6, 6.07) is 7.35. The van der Waals surface area contributed by atoms with Gasteiger partial charge in [-0.05, 0) is 43.5 Å². The van der Waals surface area contributed by atoms with Crippen LogP contribution in [0.1, 0.15) is 32.1 Å². The van der Waals surface area contributed by atoms with Crippen LogP contribution < -0.4 is 10.1 Å². The molecule has 1 N–H and O–H groups in total. The number of amides is 2. The molecule has 6 heteroatoms. The third-order valence-electron chi connectivity index (χ3n) is 3.78. The zero-order valence-corrected chi connectivity index (χ0v) is 14.8. The van der Waals surface area contributed by atoms with Crippen molar-refractivity contribution >= 4 is 27.7 Å². The maximum absolute atomic E-state index is 11.8. The fourth-order valence-electron chi connectivity index (χ4n) is 2.50. The molecule has 1 heterocycles. The lowest BCUT2D eigenvalue weighted by Gasteiger charge is -2.20. The fourth-order valence-corrected chi connectivity index (χ4v) is 2.77. The second kappa shape index (κ2) is 9.55. The van der Waals surface area contributed by atoms with Crippen molar-refractivity contribution in [2.24, 2.45) is 0 Å². The zero-order valence-electron chi connectivity index (χ0n) is 13.2. The normalized spacial score (nSPS) is 15.2. The first kappa shape index (κ1) is 17.8. The number of hydrogen-bond donors (Lipinski definition) is 1. The number of nitrogens with zero attached hydrogens (tertiary/aromatic N) is 1. The minimum absolute atomic E-state index is 0.00424. The maximum Gasteiger partial charge on any atom is 0.257 e. The van der Waals surface area contributed by atoms with Crippen LogP contribution in [0.2, 0.25) is 0 Å². The molecule has 0 radical (unpaired) electrons. The van der Waals surface area contributed by atoms with Crippen LogP contribution in [-0.4, -0.2) is 43.0 Å². The minimum Gasteiger partial charge on any atom is -0.484 e. The van der Waals surface area contributed by atoms with Gasteiger partial charge < -0.3 is 15.0 Å². The molecule has 126 valence electrons. The minimum atomic E-state index is -0.143. The number of carbonyl (C=O) groups is 2. The number of likely N-dealkylation sites (tertiary alicyclic amines) is 1. The molecule has 0 saturated carbocycles. The van der Waals surface area contributed by atoms with Crippen LogP contribution in [0.5, 0.6) is 5.75 Å². The molecule has 5 nitrogen and oxygen atoms in total. The van der Waals surface area contributed by atoms with E-state index >= 15 is 0 Å². The van der Waals surface area contributed by atoms with Crippen molar-refractivity contribution < 1.29 is 14.3 Å². The lowest BCUT2D eigenvalue weighted by molar-refractivity contribution is -0.130. The molecule has 1 fully saturated rings. The topological polar surface area (TPSA) is 58.6 Å². The first-order chi connectivity index (χ1) is 11.1. The molecule has 1 aliphatic rings. The summed E-state index contributed by atoms with van der Waals surface area (Å²) >= 11 is 3.35. The fraction of sp³-hybridized carbons (Fsp3) is 0.529. The lowest BCUT2D eigenvalue weighted by atomic mass is 10.2. The Balaban J connectivity index is 1.59. The van der Waals surface area contributed by atoms with Crippen molar-refractivity contribution in [2.75, 3.05) is 26.2 Å². The first-order valence-corrected chi connectivity index (χ1v) is 8.87. The molecule has 2 rings (SSSR count). The van der Waals surface area contributed by atoms with Crippen molar-refractivity contribution in [1.82, 2.24) is 10.2 Å². The van der Waals surface area contributed by atoms with E-state index in [1.54, 1.807) is 0 Å². The first-order valence-electron chi connectivity index (χ1n) is 8.08. The van der Waals surface area contributed by atoms with Crippen molar-refractivity contribution in [2.45, 2.75) is 32.1 Å². The quantitative estimate of drug-likeness (QED) is 0.737. The van der Waals surface area contributed by atoms with Gasteiger partial charge in [0.15, 0.2) is 6.61 Å². The summed E-state index contributed by atoms with van der Waals surface area (Å²) in [6.07, 6.45) is 4.65. The third kappa shape index (κ3) is 6.60. The molecule has 1 aromatic rings. The number of hydrogen-bond acceptors (Lipinski definition) is 3. The largest absolute Gasteiger partial charge is 0.484 e. The smallest absolute Gasteiger partial charge is 0.257 e. The molecule has 0 spiro atoms. The summed E-state index contributed by atoms with van der Waals surface area (Å²) in [5.74, 6) is 0.765. The number of carbonyl (C=O) groups excluding carboxylic acids is 2. The van der Waals surface area contributed by atoms with E-state index in [0.29, 0.717) is 25.3 Å². The maximum atomic E-state index is 11.8. The molecular weight excluding hydrogens is 360 g/mol. The third-order valence-corrected chi connectivity index (χ3v) is 4.31. The van der Waals surface area contributed by atoms with Gasteiger partial charge in [0.1, 0.15) is 5.75 Å². The number of halogens is 1. The van der Waals surface area contributed by atoms with E-state index in [0.717, 1.165) is 36.7 Å². The Morgan fingerprint density at radius 3 is 2.78 bits per heavy atom. The highest BCUT2D eigenvalue weighted by molar-refractivity contribution is 9.10. The molecule has 23 heavy (non-hydrogen) atoms. The van der Waals surface area contributed by atoms with Crippen LogP contribution in [0.15, 0.2) is 28.7 Å². The zero-order chi connectivity index (χ0) is 16.5. The Hall–Kier alpha value is -1.56. The summed E-state index contributed by atoms with van der Waals surface area (Å²) in [4.78, 5) is 25.5. The van der Waals surface area contributed by atoms with E-state index < -0.39 is 0 Å². The summed E-state index contributed by atoms with van der Waals surface area (Å²) in [5, 5.41) is 2.82. The van der Waals surface area contributed by atoms with E-state index in [4.69, 9.17) is 4.74 Å². The predicted molar refractivity (Wildman–Crippen MR) is 92.3 cm³/mol. The van der Waals surface area contributed by atoms with Gasteiger partial charge in [0.2, 0.25) is 5.91 Å². The number of rotatable bonds is 7. The van der Waals surface area contributed by atoms with E-state index in [2.05, 4.69) is 21.2 Å². The van der Waals surface area contributed by atoms with Crippen LogP contribution in [0.4, 0.5) is 0 Å². The highest BCUT2D eigenvalue weighted by Gasteiger charge is 2.15. The standard InChI is InChI=1S/C17H23BrN2O3/c18-14-6-8-15(9-7-14)23-13-16(21)19-10-4-12-20-11-3-1-2-5-17(20)22/h6-9H,1-5,10-13H2,(H,19,21). The van der Waals surface area contributed by atoms with Gasteiger partial charge in [-0.2, -0.15) is 0 Å². The number of benzene rings is 1. The Labute approximate surface area is 145 Å². The molecule has 0 atom stereocenters. The molecule has 0 aliphatic carbocycles. The molecule has 1 aliphatic heterocycles. The second-order valence-corrected chi connectivity index (χ2v) is 6.55. The van der Waals surface area contributed by atoms with Gasteiger partial charge in [-0.25, -0.2) is 0 Å². The monoisotopic (exact) mass is 382 g/mol. The Bertz CT molecular complexity index is 519. The second-order valence-electron chi connectivity index (χ2n) is 5.64. The molecular formula is C17H23BrN2O3. The summed E-state index contributed by atoms with van der Waals surface area (Å²) in [6.45, 7) is 2.13. The Morgan fingerprint density at radius 2 is 2.00 bits per heavy atom.